The zero-order valence-corrected chi connectivity index (χ0v) is 8.99. The van der Waals surface area contributed by atoms with E-state index < -0.39 is 5.60 Å². The van der Waals surface area contributed by atoms with Gasteiger partial charge in [-0.1, -0.05) is 0 Å². The minimum atomic E-state index is -0.540. The van der Waals surface area contributed by atoms with Crippen LogP contribution in [0.5, 0.6) is 0 Å². The monoisotopic (exact) mass is 209 g/mol. The predicted octanol–water partition coefficient (Wildman–Crippen LogP) is 1.42. The van der Waals surface area contributed by atoms with E-state index in [0.29, 0.717) is 0 Å². The lowest BCUT2D eigenvalue weighted by Crippen LogP contribution is -2.57. The highest BCUT2D eigenvalue weighted by Crippen LogP contribution is 2.37. The van der Waals surface area contributed by atoms with Crippen molar-refractivity contribution in [1.82, 2.24) is 5.32 Å². The van der Waals surface area contributed by atoms with Crippen molar-refractivity contribution in [1.29, 1.82) is 0 Å². The molecule has 0 unspecified atom stereocenters. The Morgan fingerprint density at radius 1 is 1.29 bits per heavy atom. The molecular weight excluding hydrogens is 194 g/mol. The molecule has 0 amide bonds. The van der Waals surface area contributed by atoms with Crippen molar-refractivity contribution in [2.45, 2.75) is 31.3 Å². The lowest BCUT2D eigenvalue weighted by atomic mass is 9.83. The van der Waals surface area contributed by atoms with Crippen molar-refractivity contribution in [2.75, 3.05) is 13.1 Å². The molecule has 0 radical (unpaired) electrons. The molecule has 2 aliphatic rings. The lowest BCUT2D eigenvalue weighted by molar-refractivity contribution is -0.0151. The van der Waals surface area contributed by atoms with Crippen LogP contribution in [0.3, 0.4) is 0 Å². The molecule has 1 fully saturated rings. The molecule has 0 atom stereocenters. The van der Waals surface area contributed by atoms with Gasteiger partial charge in [-0.2, -0.15) is 0 Å². The molecule has 1 aliphatic carbocycles. The summed E-state index contributed by atoms with van der Waals surface area (Å²) in [6.45, 7) is 1.46. The highest BCUT2D eigenvalue weighted by atomic mass is 32.1. The van der Waals surface area contributed by atoms with Gasteiger partial charge in [-0.3, -0.25) is 0 Å². The molecule has 2 N–H and O–H groups in total. The molecule has 2 nitrogen and oxygen atoms in total. The van der Waals surface area contributed by atoms with Gasteiger partial charge >= 0.3 is 0 Å². The van der Waals surface area contributed by atoms with Gasteiger partial charge in [-0.05, 0) is 36.6 Å². The molecule has 1 aromatic heterocycles. The molecule has 0 bridgehead atoms. The fraction of sp³-hybridized carbons (Fsp3) is 0.636. The summed E-state index contributed by atoms with van der Waals surface area (Å²) in [5.74, 6) is 0. The van der Waals surface area contributed by atoms with E-state index in [1.807, 2.05) is 11.3 Å². The number of β-amino-alcohol motifs (C(OH)–C–C–N with tert-alkyl or cyclic N) is 1. The molecule has 3 heteroatoms. The highest BCUT2D eigenvalue weighted by molar-refractivity contribution is 7.10. The standard InChI is InChI=1S/C11H15NOS/c13-11(6-12-7-11)9-5-14-10-4-2-1-3-8(9)10/h5,12-13H,1-4,6-7H2. The number of rotatable bonds is 1. The summed E-state index contributed by atoms with van der Waals surface area (Å²) in [5.41, 5.74) is 2.14. The number of thiophene rings is 1. The number of hydrogen-bond donors (Lipinski definition) is 2. The van der Waals surface area contributed by atoms with E-state index in [0.717, 1.165) is 13.1 Å². The van der Waals surface area contributed by atoms with Gasteiger partial charge in [-0.15, -0.1) is 11.3 Å². The quantitative estimate of drug-likeness (QED) is 0.733. The van der Waals surface area contributed by atoms with Crippen molar-refractivity contribution in [3.05, 3.63) is 21.4 Å². The molecule has 1 aliphatic heterocycles. The highest BCUT2D eigenvalue weighted by Gasteiger charge is 2.39. The summed E-state index contributed by atoms with van der Waals surface area (Å²) in [5, 5.41) is 15.6. The second-order valence-electron chi connectivity index (χ2n) is 4.39. The van der Waals surface area contributed by atoms with Crippen molar-refractivity contribution in [3.63, 3.8) is 0 Å². The molecule has 14 heavy (non-hydrogen) atoms. The smallest absolute Gasteiger partial charge is 0.115 e. The number of aliphatic hydroxyl groups is 1. The zero-order valence-electron chi connectivity index (χ0n) is 8.18. The van der Waals surface area contributed by atoms with Crippen molar-refractivity contribution in [3.8, 4) is 0 Å². The van der Waals surface area contributed by atoms with Crippen LogP contribution >= 0.6 is 11.3 Å². The Hall–Kier alpha value is -0.380. The van der Waals surface area contributed by atoms with Gasteiger partial charge in [0.25, 0.3) is 0 Å². The SMILES string of the molecule is OC1(c2csc3c2CCCC3)CNC1. The second-order valence-corrected chi connectivity index (χ2v) is 5.36. The lowest BCUT2D eigenvalue weighted by Gasteiger charge is -2.38. The number of aryl methyl sites for hydroxylation is 1. The molecule has 3 rings (SSSR count). The fourth-order valence-electron chi connectivity index (χ4n) is 2.44. The first-order valence-electron chi connectivity index (χ1n) is 5.32. The maximum absolute atomic E-state index is 10.3. The molecule has 1 saturated heterocycles. The van der Waals surface area contributed by atoms with Gasteiger partial charge in [0.05, 0.1) is 0 Å². The van der Waals surface area contributed by atoms with Crippen LogP contribution in [0.15, 0.2) is 5.38 Å². The van der Waals surface area contributed by atoms with E-state index in [1.165, 1.54) is 41.7 Å². The Morgan fingerprint density at radius 3 is 2.79 bits per heavy atom. The van der Waals surface area contributed by atoms with Gasteiger partial charge in [0.15, 0.2) is 0 Å². The first-order chi connectivity index (χ1) is 6.80. The Bertz CT molecular complexity index is 354. The van der Waals surface area contributed by atoms with Crippen molar-refractivity contribution >= 4 is 11.3 Å². The van der Waals surface area contributed by atoms with Crippen LogP contribution in [-0.2, 0) is 18.4 Å². The summed E-state index contributed by atoms with van der Waals surface area (Å²) in [7, 11) is 0. The van der Waals surface area contributed by atoms with Crippen molar-refractivity contribution in [2.24, 2.45) is 0 Å². The van der Waals surface area contributed by atoms with Crippen molar-refractivity contribution < 1.29 is 5.11 Å². The van der Waals surface area contributed by atoms with Gasteiger partial charge < -0.3 is 10.4 Å². The van der Waals surface area contributed by atoms with Gasteiger partial charge in [-0.25, -0.2) is 0 Å². The van der Waals surface area contributed by atoms with E-state index in [9.17, 15) is 5.11 Å². The molecule has 0 spiro atoms. The van der Waals surface area contributed by atoms with E-state index in [-0.39, 0.29) is 0 Å². The average molecular weight is 209 g/mol. The Balaban J connectivity index is 2.01. The number of hydrogen-bond acceptors (Lipinski definition) is 3. The summed E-state index contributed by atoms with van der Waals surface area (Å²) in [4.78, 5) is 1.52. The van der Waals surface area contributed by atoms with Crippen LogP contribution in [0.4, 0.5) is 0 Å². The zero-order chi connectivity index (χ0) is 9.60. The third-order valence-electron chi connectivity index (χ3n) is 3.40. The maximum atomic E-state index is 10.3. The van der Waals surface area contributed by atoms with Crippen LogP contribution in [0.2, 0.25) is 0 Å². The van der Waals surface area contributed by atoms with Gasteiger partial charge in [0, 0.05) is 23.5 Å². The molecule has 0 saturated carbocycles. The van der Waals surface area contributed by atoms with Crippen LogP contribution < -0.4 is 5.32 Å². The van der Waals surface area contributed by atoms with Crippen LogP contribution in [-0.4, -0.2) is 18.2 Å². The minimum Gasteiger partial charge on any atom is -0.382 e. The molecular formula is C11H15NOS. The van der Waals surface area contributed by atoms with E-state index in [1.54, 1.807) is 0 Å². The molecule has 76 valence electrons. The first kappa shape index (κ1) is 8.89. The number of fused-ring (bicyclic) bond motifs is 1. The predicted molar refractivity (Wildman–Crippen MR) is 57.7 cm³/mol. The molecule has 0 aromatic carbocycles. The molecule has 2 heterocycles. The topological polar surface area (TPSA) is 32.3 Å². The van der Waals surface area contributed by atoms with Gasteiger partial charge in [0.2, 0.25) is 0 Å². The van der Waals surface area contributed by atoms with Crippen LogP contribution in [0.1, 0.15) is 28.8 Å². The van der Waals surface area contributed by atoms with E-state index >= 15 is 0 Å². The fourth-order valence-corrected chi connectivity index (χ4v) is 3.67. The minimum absolute atomic E-state index is 0.540. The van der Waals surface area contributed by atoms with Gasteiger partial charge in [0.1, 0.15) is 5.60 Å². The summed E-state index contributed by atoms with van der Waals surface area (Å²) < 4.78 is 0. The van der Waals surface area contributed by atoms with Crippen LogP contribution in [0.25, 0.3) is 0 Å². The normalized spacial score (nSPS) is 24.1. The maximum Gasteiger partial charge on any atom is 0.115 e. The number of nitrogens with one attached hydrogen (secondary N) is 1. The van der Waals surface area contributed by atoms with E-state index in [2.05, 4.69) is 10.7 Å². The van der Waals surface area contributed by atoms with E-state index in [4.69, 9.17) is 0 Å². The average Bonchev–Trinajstić information content (AvgIpc) is 2.58. The molecule has 1 aromatic rings. The Labute approximate surface area is 88.0 Å². The largest absolute Gasteiger partial charge is 0.382 e. The third kappa shape index (κ3) is 1.16. The summed E-state index contributed by atoms with van der Waals surface area (Å²) in [6.07, 6.45) is 5.02. The summed E-state index contributed by atoms with van der Waals surface area (Å²) in [6, 6.07) is 0. The van der Waals surface area contributed by atoms with Crippen LogP contribution in [0, 0.1) is 0 Å². The second kappa shape index (κ2) is 3.05. The third-order valence-corrected chi connectivity index (χ3v) is 4.49. The Morgan fingerprint density at radius 2 is 2.07 bits per heavy atom. The summed E-state index contributed by atoms with van der Waals surface area (Å²) >= 11 is 1.84. The first-order valence-corrected chi connectivity index (χ1v) is 6.20. The Kier molecular flexibility index (Phi) is 1.94.